The van der Waals surface area contributed by atoms with E-state index in [-0.39, 0.29) is 0 Å². The first-order valence-electron chi connectivity index (χ1n) is 5.03. The first-order chi connectivity index (χ1) is 8.19. The Hall–Kier alpha value is -1.40. The summed E-state index contributed by atoms with van der Waals surface area (Å²) in [4.78, 5) is 5.40. The first-order valence-corrected chi connectivity index (χ1v) is 6.67. The van der Waals surface area contributed by atoms with E-state index in [1.54, 1.807) is 11.8 Å². The van der Waals surface area contributed by atoms with Gasteiger partial charge in [-0.2, -0.15) is 10.1 Å². The molecule has 0 radical (unpaired) electrons. The maximum atomic E-state index is 4.95. The second kappa shape index (κ2) is 5.29. The van der Waals surface area contributed by atoms with Crippen LogP contribution in [0.4, 0.5) is 11.5 Å². The zero-order valence-corrected chi connectivity index (χ0v) is 11.2. The average molecular weight is 264 g/mol. The van der Waals surface area contributed by atoms with Gasteiger partial charge in [-0.1, -0.05) is 6.07 Å². The molecule has 0 fully saturated rings. The van der Waals surface area contributed by atoms with Gasteiger partial charge in [0.05, 0.1) is 0 Å². The van der Waals surface area contributed by atoms with Crippen LogP contribution in [0.25, 0.3) is 0 Å². The number of rotatable bonds is 3. The predicted molar refractivity (Wildman–Crippen MR) is 73.5 cm³/mol. The van der Waals surface area contributed by atoms with Gasteiger partial charge < -0.3 is 5.32 Å². The molecular formula is C11H12N4S2. The van der Waals surface area contributed by atoms with E-state index in [9.17, 15) is 0 Å². The summed E-state index contributed by atoms with van der Waals surface area (Å²) in [5, 5.41) is 9.93. The minimum absolute atomic E-state index is 0.374. The first kappa shape index (κ1) is 12.1. The van der Waals surface area contributed by atoms with E-state index in [1.807, 2.05) is 25.3 Å². The second-order valence-electron chi connectivity index (χ2n) is 3.43. The molecule has 0 aliphatic rings. The Morgan fingerprint density at radius 1 is 1.41 bits per heavy atom. The zero-order chi connectivity index (χ0) is 12.3. The Bertz CT molecular complexity index is 580. The van der Waals surface area contributed by atoms with Crippen molar-refractivity contribution in [3.8, 4) is 0 Å². The standard InChI is InChI=1S/C11H12N4S2/c1-7-10(13-11(16)15-14-7)12-8-4-3-5-9(6-8)17-2/h3-6H,1-2H3,(H2,12,13,15,16). The lowest BCUT2D eigenvalue weighted by Crippen LogP contribution is -2.00. The Labute approximate surface area is 109 Å². The van der Waals surface area contributed by atoms with Crippen molar-refractivity contribution in [1.29, 1.82) is 0 Å². The normalized spacial score (nSPS) is 10.2. The van der Waals surface area contributed by atoms with Crippen LogP contribution in [-0.2, 0) is 0 Å². The number of aryl methyl sites for hydroxylation is 1. The summed E-state index contributed by atoms with van der Waals surface area (Å²) in [5.74, 6) is 0.687. The van der Waals surface area contributed by atoms with Crippen LogP contribution in [-0.4, -0.2) is 21.4 Å². The summed E-state index contributed by atoms with van der Waals surface area (Å²) in [5.41, 5.74) is 1.77. The molecule has 88 valence electrons. The highest BCUT2D eigenvalue weighted by atomic mass is 32.2. The number of benzene rings is 1. The Morgan fingerprint density at radius 3 is 3.00 bits per heavy atom. The maximum absolute atomic E-state index is 4.95. The van der Waals surface area contributed by atoms with Crippen LogP contribution >= 0.6 is 24.0 Å². The molecule has 2 N–H and O–H groups in total. The van der Waals surface area contributed by atoms with E-state index in [0.717, 1.165) is 11.4 Å². The van der Waals surface area contributed by atoms with Crippen molar-refractivity contribution in [2.75, 3.05) is 11.6 Å². The molecule has 0 aliphatic carbocycles. The number of nitrogens with zero attached hydrogens (tertiary/aromatic N) is 2. The monoisotopic (exact) mass is 264 g/mol. The number of nitrogens with one attached hydrogen (secondary N) is 2. The summed E-state index contributed by atoms with van der Waals surface area (Å²) in [6.07, 6.45) is 2.04. The highest BCUT2D eigenvalue weighted by Crippen LogP contribution is 2.22. The number of thioether (sulfide) groups is 1. The predicted octanol–water partition coefficient (Wildman–Crippen LogP) is 3.31. The summed E-state index contributed by atoms with van der Waals surface area (Å²) >= 11 is 6.65. The molecule has 2 rings (SSSR count). The van der Waals surface area contributed by atoms with Gasteiger partial charge >= 0.3 is 0 Å². The van der Waals surface area contributed by atoms with Gasteiger partial charge in [0.25, 0.3) is 0 Å². The maximum Gasteiger partial charge on any atom is 0.215 e. The van der Waals surface area contributed by atoms with Gasteiger partial charge in [0.2, 0.25) is 4.77 Å². The van der Waals surface area contributed by atoms with Crippen LogP contribution in [0.2, 0.25) is 0 Å². The van der Waals surface area contributed by atoms with Crippen LogP contribution in [0, 0.1) is 11.7 Å². The number of aromatic amines is 1. The third-order valence-electron chi connectivity index (χ3n) is 2.21. The molecule has 0 bridgehead atoms. The molecule has 0 unspecified atom stereocenters. The molecule has 1 aromatic heterocycles. The smallest absolute Gasteiger partial charge is 0.215 e. The molecule has 0 amide bonds. The molecule has 6 heteroatoms. The lowest BCUT2D eigenvalue weighted by molar-refractivity contribution is 0.914. The van der Waals surface area contributed by atoms with E-state index >= 15 is 0 Å². The molecule has 2 aromatic rings. The lowest BCUT2D eigenvalue weighted by atomic mass is 10.3. The Kier molecular flexibility index (Phi) is 3.75. The summed E-state index contributed by atoms with van der Waals surface area (Å²) in [7, 11) is 0. The van der Waals surface area contributed by atoms with E-state index in [2.05, 4.69) is 32.6 Å². The topological polar surface area (TPSA) is 53.6 Å². The van der Waals surface area contributed by atoms with Crippen LogP contribution in [0.15, 0.2) is 29.2 Å². The fourth-order valence-corrected chi connectivity index (χ4v) is 1.94. The van der Waals surface area contributed by atoms with Gasteiger partial charge in [0, 0.05) is 10.6 Å². The third-order valence-corrected chi connectivity index (χ3v) is 3.12. The van der Waals surface area contributed by atoms with Crippen molar-refractivity contribution in [1.82, 2.24) is 15.2 Å². The van der Waals surface area contributed by atoms with Crippen molar-refractivity contribution in [2.45, 2.75) is 11.8 Å². The average Bonchev–Trinajstić information content (AvgIpc) is 2.34. The summed E-state index contributed by atoms with van der Waals surface area (Å²) < 4.78 is 0.374. The third kappa shape index (κ3) is 3.04. The Morgan fingerprint density at radius 2 is 2.24 bits per heavy atom. The number of anilines is 2. The molecular weight excluding hydrogens is 252 g/mol. The number of hydrogen-bond acceptors (Lipinski definition) is 5. The van der Waals surface area contributed by atoms with E-state index < -0.39 is 0 Å². The minimum Gasteiger partial charge on any atom is -0.339 e. The van der Waals surface area contributed by atoms with Gasteiger partial charge in [-0.3, -0.25) is 5.10 Å². The van der Waals surface area contributed by atoms with Crippen LogP contribution in [0.3, 0.4) is 0 Å². The Balaban J connectivity index is 2.30. The van der Waals surface area contributed by atoms with Crippen molar-refractivity contribution < 1.29 is 0 Å². The molecule has 0 aliphatic heterocycles. The van der Waals surface area contributed by atoms with Crippen molar-refractivity contribution in [3.63, 3.8) is 0 Å². The van der Waals surface area contributed by atoms with Gasteiger partial charge in [-0.15, -0.1) is 11.8 Å². The highest BCUT2D eigenvalue weighted by molar-refractivity contribution is 7.98. The van der Waals surface area contributed by atoms with Crippen LogP contribution in [0.5, 0.6) is 0 Å². The molecule has 4 nitrogen and oxygen atoms in total. The molecule has 0 saturated carbocycles. The van der Waals surface area contributed by atoms with Gasteiger partial charge in [0.1, 0.15) is 5.69 Å². The number of hydrogen-bond donors (Lipinski definition) is 2. The molecule has 0 atom stereocenters. The van der Waals surface area contributed by atoms with Crippen molar-refractivity contribution >= 4 is 35.5 Å². The molecule has 1 heterocycles. The number of H-pyrrole nitrogens is 1. The summed E-state index contributed by atoms with van der Waals surface area (Å²) in [6.45, 7) is 1.87. The quantitative estimate of drug-likeness (QED) is 0.658. The molecule has 0 spiro atoms. The zero-order valence-electron chi connectivity index (χ0n) is 9.52. The highest BCUT2D eigenvalue weighted by Gasteiger charge is 2.02. The van der Waals surface area contributed by atoms with Crippen LogP contribution < -0.4 is 5.32 Å². The van der Waals surface area contributed by atoms with Crippen LogP contribution in [0.1, 0.15) is 5.69 Å². The minimum atomic E-state index is 0.374. The molecule has 1 aromatic carbocycles. The van der Waals surface area contributed by atoms with Crippen molar-refractivity contribution in [2.24, 2.45) is 0 Å². The number of aromatic nitrogens is 3. The van der Waals surface area contributed by atoms with E-state index in [0.29, 0.717) is 10.6 Å². The van der Waals surface area contributed by atoms with E-state index in [1.165, 1.54) is 4.90 Å². The van der Waals surface area contributed by atoms with Gasteiger partial charge in [-0.05, 0) is 43.6 Å². The lowest BCUT2D eigenvalue weighted by Gasteiger charge is -2.08. The van der Waals surface area contributed by atoms with Crippen molar-refractivity contribution in [3.05, 3.63) is 34.7 Å². The molecule has 0 saturated heterocycles. The van der Waals surface area contributed by atoms with Gasteiger partial charge in [-0.25, -0.2) is 0 Å². The SMILES string of the molecule is CSc1cccc(Nc2nc(=S)[nH]nc2C)c1. The second-order valence-corrected chi connectivity index (χ2v) is 4.70. The molecule has 17 heavy (non-hydrogen) atoms. The fraction of sp³-hybridized carbons (Fsp3) is 0.182. The summed E-state index contributed by atoms with van der Waals surface area (Å²) in [6, 6.07) is 8.11. The largest absolute Gasteiger partial charge is 0.339 e. The van der Waals surface area contributed by atoms with Gasteiger partial charge in [0.15, 0.2) is 5.82 Å². The van der Waals surface area contributed by atoms with E-state index in [4.69, 9.17) is 12.2 Å². The fourth-order valence-electron chi connectivity index (χ4n) is 1.35.